The number of hydrogen-bond donors (Lipinski definition) is 1. The second kappa shape index (κ2) is 5.29. The molecule has 2 N–H and O–H groups in total. The molecule has 0 aliphatic rings. The Morgan fingerprint density at radius 3 is 2.63 bits per heavy atom. The van der Waals surface area contributed by atoms with Crippen molar-refractivity contribution in [3.63, 3.8) is 0 Å². The zero-order chi connectivity index (χ0) is 14.0. The van der Waals surface area contributed by atoms with Gasteiger partial charge >= 0.3 is 0 Å². The van der Waals surface area contributed by atoms with Crippen molar-refractivity contribution in [2.75, 3.05) is 5.73 Å². The average Bonchev–Trinajstić information content (AvgIpc) is 2.32. The maximum Gasteiger partial charge on any atom is 0.150 e. The lowest BCUT2D eigenvalue weighted by molar-refractivity contribution is 0.481. The quantitative estimate of drug-likeness (QED) is 0.857. The van der Waals surface area contributed by atoms with E-state index in [9.17, 15) is 5.26 Å². The van der Waals surface area contributed by atoms with Crippen LogP contribution in [0.15, 0.2) is 28.7 Å². The molecule has 0 fully saturated rings. The predicted molar refractivity (Wildman–Crippen MR) is 77.1 cm³/mol. The van der Waals surface area contributed by atoms with Crippen molar-refractivity contribution < 1.29 is 4.74 Å². The molecule has 0 saturated carbocycles. The van der Waals surface area contributed by atoms with Crippen LogP contribution in [0.4, 0.5) is 5.69 Å². The molecule has 1 aromatic heterocycles. The second-order valence-electron chi connectivity index (χ2n) is 4.12. The number of ether oxygens (including phenoxy) is 1. The maximum atomic E-state index is 9.17. The maximum absolute atomic E-state index is 9.17. The smallest absolute Gasteiger partial charge is 0.150 e. The van der Waals surface area contributed by atoms with Gasteiger partial charge in [-0.05, 0) is 32.0 Å². The number of benzene rings is 1. The minimum absolute atomic E-state index is 0.424. The molecule has 0 amide bonds. The molecule has 0 bridgehead atoms. The van der Waals surface area contributed by atoms with E-state index >= 15 is 0 Å². The van der Waals surface area contributed by atoms with Crippen LogP contribution in [0.3, 0.4) is 0 Å². The Hall–Kier alpha value is -2.06. The summed E-state index contributed by atoms with van der Waals surface area (Å²) in [7, 11) is 0. The highest BCUT2D eigenvalue weighted by molar-refractivity contribution is 9.10. The summed E-state index contributed by atoms with van der Waals surface area (Å²) in [5.74, 6) is 0.992. The number of nitriles is 1. The molecule has 0 radical (unpaired) electrons. The highest BCUT2D eigenvalue weighted by Gasteiger charge is 2.11. The average molecular weight is 318 g/mol. The van der Waals surface area contributed by atoms with Gasteiger partial charge in [-0.3, -0.25) is 4.98 Å². The standard InChI is InChI=1S/C14H12BrN3O/c1-8-5-14(11(7-16)9(2)18-8)19-13-4-3-10(15)6-12(13)17/h3-6H,17H2,1-2H3. The molecule has 96 valence electrons. The molecule has 0 saturated heterocycles. The summed E-state index contributed by atoms with van der Waals surface area (Å²) < 4.78 is 6.61. The molecule has 4 nitrogen and oxygen atoms in total. The third kappa shape index (κ3) is 2.85. The molecule has 1 heterocycles. The van der Waals surface area contributed by atoms with Crippen molar-refractivity contribution >= 4 is 21.6 Å². The van der Waals surface area contributed by atoms with Crippen LogP contribution in [-0.4, -0.2) is 4.98 Å². The molecule has 0 atom stereocenters. The van der Waals surface area contributed by atoms with Crippen LogP contribution in [0.5, 0.6) is 11.5 Å². The molecule has 1 aromatic carbocycles. The number of aryl methyl sites for hydroxylation is 2. The monoisotopic (exact) mass is 317 g/mol. The van der Waals surface area contributed by atoms with Crippen LogP contribution in [-0.2, 0) is 0 Å². The van der Waals surface area contributed by atoms with Crippen LogP contribution in [0.25, 0.3) is 0 Å². The van der Waals surface area contributed by atoms with Crippen molar-refractivity contribution in [3.8, 4) is 17.6 Å². The summed E-state index contributed by atoms with van der Waals surface area (Å²) in [4.78, 5) is 4.24. The molecule has 2 aromatic rings. The van der Waals surface area contributed by atoms with Crippen LogP contribution >= 0.6 is 15.9 Å². The van der Waals surface area contributed by atoms with Gasteiger partial charge in [0.1, 0.15) is 23.1 Å². The van der Waals surface area contributed by atoms with E-state index in [-0.39, 0.29) is 0 Å². The van der Waals surface area contributed by atoms with Crippen molar-refractivity contribution in [2.45, 2.75) is 13.8 Å². The van der Waals surface area contributed by atoms with Gasteiger partial charge in [0.25, 0.3) is 0 Å². The molecule has 0 spiro atoms. The van der Waals surface area contributed by atoms with E-state index < -0.39 is 0 Å². The topological polar surface area (TPSA) is 71.9 Å². The van der Waals surface area contributed by atoms with Crippen molar-refractivity contribution in [1.29, 1.82) is 5.26 Å². The molecular formula is C14H12BrN3O. The fourth-order valence-corrected chi connectivity index (χ4v) is 2.12. The number of nitrogens with two attached hydrogens (primary N) is 1. The minimum Gasteiger partial charge on any atom is -0.454 e. The number of anilines is 1. The third-order valence-electron chi connectivity index (χ3n) is 2.60. The Balaban J connectivity index is 2.46. The molecular weight excluding hydrogens is 306 g/mol. The first-order chi connectivity index (χ1) is 9.01. The van der Waals surface area contributed by atoms with E-state index in [2.05, 4.69) is 27.0 Å². The van der Waals surface area contributed by atoms with Gasteiger partial charge in [-0.15, -0.1) is 0 Å². The fraction of sp³-hybridized carbons (Fsp3) is 0.143. The first-order valence-corrected chi connectivity index (χ1v) is 6.42. The summed E-state index contributed by atoms with van der Waals surface area (Å²) >= 11 is 3.34. The van der Waals surface area contributed by atoms with Gasteiger partial charge in [-0.1, -0.05) is 15.9 Å². The molecule has 5 heteroatoms. The van der Waals surface area contributed by atoms with Crippen LogP contribution in [0, 0.1) is 25.2 Å². The van der Waals surface area contributed by atoms with Crippen LogP contribution in [0.2, 0.25) is 0 Å². The molecule has 2 rings (SSSR count). The number of pyridine rings is 1. The van der Waals surface area contributed by atoms with Crippen molar-refractivity contribution in [3.05, 3.63) is 45.7 Å². The minimum atomic E-state index is 0.424. The summed E-state index contributed by atoms with van der Waals surface area (Å²) in [5.41, 5.74) is 8.25. The molecule has 0 aliphatic carbocycles. The Bertz CT molecular complexity index is 677. The van der Waals surface area contributed by atoms with E-state index in [4.69, 9.17) is 10.5 Å². The zero-order valence-corrected chi connectivity index (χ0v) is 12.2. The van der Waals surface area contributed by atoms with Gasteiger partial charge in [0.05, 0.1) is 11.4 Å². The number of halogens is 1. The summed E-state index contributed by atoms with van der Waals surface area (Å²) in [5, 5.41) is 9.17. The van der Waals surface area contributed by atoms with E-state index in [1.165, 1.54) is 0 Å². The Labute approximate surface area is 120 Å². The van der Waals surface area contributed by atoms with Gasteiger partial charge in [-0.25, -0.2) is 0 Å². The lowest BCUT2D eigenvalue weighted by atomic mass is 10.2. The SMILES string of the molecule is Cc1cc(Oc2ccc(Br)cc2N)c(C#N)c(C)n1. The van der Waals surface area contributed by atoms with Crippen molar-refractivity contribution in [2.24, 2.45) is 0 Å². The second-order valence-corrected chi connectivity index (χ2v) is 5.03. The van der Waals surface area contributed by atoms with Gasteiger partial charge in [0.15, 0.2) is 0 Å². The summed E-state index contributed by atoms with van der Waals surface area (Å²) in [6.45, 7) is 3.63. The van der Waals surface area contributed by atoms with E-state index in [0.29, 0.717) is 28.4 Å². The normalized spacial score (nSPS) is 10.0. The van der Waals surface area contributed by atoms with Gasteiger partial charge in [0, 0.05) is 16.2 Å². The number of aromatic nitrogens is 1. The Morgan fingerprint density at radius 2 is 2.00 bits per heavy atom. The number of rotatable bonds is 2. The largest absolute Gasteiger partial charge is 0.454 e. The van der Waals surface area contributed by atoms with E-state index in [1.54, 1.807) is 25.1 Å². The fourth-order valence-electron chi connectivity index (χ4n) is 1.74. The summed E-state index contributed by atoms with van der Waals surface area (Å²) in [6, 6.07) is 9.17. The van der Waals surface area contributed by atoms with E-state index in [0.717, 1.165) is 10.2 Å². The molecule has 19 heavy (non-hydrogen) atoms. The number of hydrogen-bond acceptors (Lipinski definition) is 4. The number of nitrogen functional groups attached to an aromatic ring is 1. The Kier molecular flexibility index (Phi) is 3.72. The molecule has 0 aliphatic heterocycles. The van der Waals surface area contributed by atoms with Gasteiger partial charge in [0.2, 0.25) is 0 Å². The highest BCUT2D eigenvalue weighted by atomic mass is 79.9. The van der Waals surface area contributed by atoms with E-state index in [1.807, 2.05) is 13.0 Å². The van der Waals surface area contributed by atoms with Crippen LogP contribution in [0.1, 0.15) is 17.0 Å². The molecule has 0 unspecified atom stereocenters. The third-order valence-corrected chi connectivity index (χ3v) is 3.09. The van der Waals surface area contributed by atoms with Gasteiger partial charge in [-0.2, -0.15) is 5.26 Å². The van der Waals surface area contributed by atoms with Crippen molar-refractivity contribution in [1.82, 2.24) is 4.98 Å². The number of nitrogens with zero attached hydrogens (tertiary/aromatic N) is 2. The lowest BCUT2D eigenvalue weighted by Gasteiger charge is -2.11. The first kappa shape index (κ1) is 13.4. The zero-order valence-electron chi connectivity index (χ0n) is 10.6. The first-order valence-electron chi connectivity index (χ1n) is 5.62. The van der Waals surface area contributed by atoms with Crippen LogP contribution < -0.4 is 10.5 Å². The highest BCUT2D eigenvalue weighted by Crippen LogP contribution is 2.32. The predicted octanol–water partition coefficient (Wildman–Crippen LogP) is 3.71. The van der Waals surface area contributed by atoms with Gasteiger partial charge < -0.3 is 10.5 Å². The summed E-state index contributed by atoms with van der Waals surface area (Å²) in [6.07, 6.45) is 0. The Morgan fingerprint density at radius 1 is 1.26 bits per heavy atom. The lowest BCUT2D eigenvalue weighted by Crippen LogP contribution is -1.98.